The zero-order valence-corrected chi connectivity index (χ0v) is 12.9. The van der Waals surface area contributed by atoms with Crippen LogP contribution in [0.5, 0.6) is 0 Å². The van der Waals surface area contributed by atoms with Gasteiger partial charge in [-0.2, -0.15) is 0 Å². The molecule has 2 aliphatic rings. The summed E-state index contributed by atoms with van der Waals surface area (Å²) in [6.07, 6.45) is 5.70. The Kier molecular flexibility index (Phi) is 3.87. The van der Waals surface area contributed by atoms with Crippen LogP contribution in [0.3, 0.4) is 0 Å². The number of aliphatic hydroxyl groups is 1. The molecule has 20 heavy (non-hydrogen) atoms. The molecule has 1 aromatic carbocycles. The van der Waals surface area contributed by atoms with E-state index in [4.69, 9.17) is 0 Å². The lowest BCUT2D eigenvalue weighted by Gasteiger charge is -2.47. The van der Waals surface area contributed by atoms with Crippen LogP contribution in [0.2, 0.25) is 0 Å². The van der Waals surface area contributed by atoms with Crippen LogP contribution < -0.4 is 0 Å². The van der Waals surface area contributed by atoms with Crippen molar-refractivity contribution in [1.29, 1.82) is 0 Å². The highest BCUT2D eigenvalue weighted by atomic mass is 16.3. The van der Waals surface area contributed by atoms with Crippen LogP contribution in [0, 0.1) is 19.8 Å². The topological polar surface area (TPSA) is 23.5 Å². The molecular weight excluding hydrogens is 246 g/mol. The van der Waals surface area contributed by atoms with E-state index in [9.17, 15) is 5.11 Å². The molecule has 2 fully saturated rings. The highest BCUT2D eigenvalue weighted by Crippen LogP contribution is 2.40. The summed E-state index contributed by atoms with van der Waals surface area (Å²) in [7, 11) is 0. The molecule has 1 aliphatic heterocycles. The summed E-state index contributed by atoms with van der Waals surface area (Å²) in [6.45, 7) is 7.50. The number of nitrogens with zero attached hydrogens (tertiary/aromatic N) is 1. The maximum atomic E-state index is 10.7. The minimum atomic E-state index is -0.350. The summed E-state index contributed by atoms with van der Waals surface area (Å²) in [6, 6.07) is 6.84. The van der Waals surface area contributed by atoms with Crippen LogP contribution in [0.1, 0.15) is 48.8 Å². The van der Waals surface area contributed by atoms with Crippen LogP contribution >= 0.6 is 0 Å². The van der Waals surface area contributed by atoms with Crippen LogP contribution in [-0.2, 0) is 6.54 Å². The first-order valence-electron chi connectivity index (χ1n) is 8.07. The van der Waals surface area contributed by atoms with Gasteiger partial charge in [-0.15, -0.1) is 0 Å². The average Bonchev–Trinajstić information content (AvgIpc) is 2.38. The summed E-state index contributed by atoms with van der Waals surface area (Å²) in [5, 5.41) is 10.7. The Hall–Kier alpha value is -0.860. The maximum absolute atomic E-state index is 10.7. The average molecular weight is 273 g/mol. The quantitative estimate of drug-likeness (QED) is 0.892. The molecule has 1 aliphatic carbocycles. The van der Waals surface area contributed by atoms with E-state index in [2.05, 4.69) is 36.9 Å². The SMILES string of the molecule is Cc1cc(C)cc(CN2CCC3(O)CCCCC3C2)c1. The van der Waals surface area contributed by atoms with Gasteiger partial charge < -0.3 is 5.11 Å². The second kappa shape index (κ2) is 5.50. The van der Waals surface area contributed by atoms with E-state index in [0.29, 0.717) is 5.92 Å². The van der Waals surface area contributed by atoms with Gasteiger partial charge >= 0.3 is 0 Å². The van der Waals surface area contributed by atoms with Crippen molar-refractivity contribution in [2.75, 3.05) is 13.1 Å². The molecular formula is C18H27NO. The van der Waals surface area contributed by atoms with Crippen LogP contribution in [0.25, 0.3) is 0 Å². The van der Waals surface area contributed by atoms with Gasteiger partial charge in [-0.3, -0.25) is 4.90 Å². The molecule has 0 bridgehead atoms. The number of hydrogen-bond acceptors (Lipinski definition) is 2. The van der Waals surface area contributed by atoms with Gasteiger partial charge in [-0.25, -0.2) is 0 Å². The van der Waals surface area contributed by atoms with E-state index in [1.807, 2.05) is 0 Å². The normalized spacial score (nSPS) is 31.1. The summed E-state index contributed by atoms with van der Waals surface area (Å²) in [4.78, 5) is 2.54. The molecule has 1 saturated carbocycles. The van der Waals surface area contributed by atoms with Crippen molar-refractivity contribution < 1.29 is 5.11 Å². The predicted molar refractivity (Wildman–Crippen MR) is 82.7 cm³/mol. The zero-order chi connectivity index (χ0) is 14.2. The molecule has 2 atom stereocenters. The van der Waals surface area contributed by atoms with Gasteiger partial charge in [-0.05, 0) is 38.7 Å². The first-order chi connectivity index (χ1) is 9.55. The highest BCUT2D eigenvalue weighted by molar-refractivity contribution is 5.28. The van der Waals surface area contributed by atoms with Crippen LogP contribution in [-0.4, -0.2) is 28.7 Å². The number of piperidine rings is 1. The Morgan fingerprint density at radius 1 is 1.15 bits per heavy atom. The predicted octanol–water partition coefficient (Wildman–Crippen LogP) is 3.43. The second-order valence-corrected chi connectivity index (χ2v) is 7.03. The largest absolute Gasteiger partial charge is 0.390 e. The zero-order valence-electron chi connectivity index (χ0n) is 12.9. The smallest absolute Gasteiger partial charge is 0.0700 e. The van der Waals surface area contributed by atoms with E-state index >= 15 is 0 Å². The van der Waals surface area contributed by atoms with Gasteiger partial charge in [-0.1, -0.05) is 42.2 Å². The standard InChI is InChI=1S/C18H27NO/c1-14-9-15(2)11-16(10-14)12-19-8-7-18(20)6-4-3-5-17(18)13-19/h9-11,17,20H,3-8,12-13H2,1-2H3. The molecule has 2 nitrogen and oxygen atoms in total. The van der Waals surface area contributed by atoms with Crippen molar-refractivity contribution in [3.63, 3.8) is 0 Å². The minimum Gasteiger partial charge on any atom is -0.390 e. The molecule has 0 amide bonds. The van der Waals surface area contributed by atoms with Crippen molar-refractivity contribution in [2.24, 2.45) is 5.92 Å². The monoisotopic (exact) mass is 273 g/mol. The van der Waals surface area contributed by atoms with E-state index in [-0.39, 0.29) is 5.60 Å². The third-order valence-electron chi connectivity index (χ3n) is 5.20. The summed E-state index contributed by atoms with van der Waals surface area (Å²) >= 11 is 0. The van der Waals surface area contributed by atoms with E-state index in [0.717, 1.165) is 32.5 Å². The van der Waals surface area contributed by atoms with Crippen LogP contribution in [0.4, 0.5) is 0 Å². The lowest BCUT2D eigenvalue weighted by atomic mass is 9.71. The van der Waals surface area contributed by atoms with Crippen molar-refractivity contribution in [1.82, 2.24) is 4.90 Å². The van der Waals surface area contributed by atoms with Gasteiger partial charge in [0, 0.05) is 25.6 Å². The van der Waals surface area contributed by atoms with E-state index < -0.39 is 0 Å². The van der Waals surface area contributed by atoms with Gasteiger partial charge in [0.05, 0.1) is 5.60 Å². The molecule has 2 unspecified atom stereocenters. The fourth-order valence-electron chi connectivity index (χ4n) is 4.20. The molecule has 1 N–H and O–H groups in total. The second-order valence-electron chi connectivity index (χ2n) is 7.03. The molecule has 110 valence electrons. The molecule has 2 heteroatoms. The van der Waals surface area contributed by atoms with Gasteiger partial charge in [0.15, 0.2) is 0 Å². The van der Waals surface area contributed by atoms with E-state index in [1.54, 1.807) is 0 Å². The first kappa shape index (κ1) is 14.1. The van der Waals surface area contributed by atoms with Gasteiger partial charge in [0.1, 0.15) is 0 Å². The fourth-order valence-corrected chi connectivity index (χ4v) is 4.20. The fraction of sp³-hybridized carbons (Fsp3) is 0.667. The third-order valence-corrected chi connectivity index (χ3v) is 5.20. The molecule has 3 rings (SSSR count). The Morgan fingerprint density at radius 3 is 2.65 bits per heavy atom. The van der Waals surface area contributed by atoms with Crippen molar-refractivity contribution in [2.45, 2.75) is 58.1 Å². The van der Waals surface area contributed by atoms with Crippen molar-refractivity contribution in [3.05, 3.63) is 34.9 Å². The van der Waals surface area contributed by atoms with Gasteiger partial charge in [0.25, 0.3) is 0 Å². The summed E-state index contributed by atoms with van der Waals surface area (Å²) in [5.41, 5.74) is 3.78. The number of aryl methyl sites for hydroxylation is 2. The summed E-state index contributed by atoms with van der Waals surface area (Å²) in [5.74, 6) is 0.496. The van der Waals surface area contributed by atoms with Gasteiger partial charge in [0.2, 0.25) is 0 Å². The molecule has 1 saturated heterocycles. The summed E-state index contributed by atoms with van der Waals surface area (Å²) < 4.78 is 0. The van der Waals surface area contributed by atoms with Crippen molar-refractivity contribution >= 4 is 0 Å². The number of rotatable bonds is 2. The van der Waals surface area contributed by atoms with E-state index in [1.165, 1.54) is 36.0 Å². The van der Waals surface area contributed by atoms with Crippen LogP contribution in [0.15, 0.2) is 18.2 Å². The Morgan fingerprint density at radius 2 is 1.90 bits per heavy atom. The molecule has 0 radical (unpaired) electrons. The highest BCUT2D eigenvalue weighted by Gasteiger charge is 2.42. The molecule has 1 heterocycles. The van der Waals surface area contributed by atoms with Crippen molar-refractivity contribution in [3.8, 4) is 0 Å². The first-order valence-corrected chi connectivity index (χ1v) is 8.07. The number of likely N-dealkylation sites (tertiary alicyclic amines) is 1. The Labute approximate surface area is 122 Å². The molecule has 1 aromatic rings. The lowest BCUT2D eigenvalue weighted by Crippen LogP contribution is -2.52. The maximum Gasteiger partial charge on any atom is 0.0700 e. The third kappa shape index (κ3) is 2.91. The molecule has 0 aromatic heterocycles. The Bertz CT molecular complexity index is 464. The lowest BCUT2D eigenvalue weighted by molar-refractivity contribution is -0.0967. The Balaban J connectivity index is 1.67. The number of benzene rings is 1. The number of hydrogen-bond donors (Lipinski definition) is 1. The minimum absolute atomic E-state index is 0.350. The number of fused-ring (bicyclic) bond motifs is 1. The molecule has 0 spiro atoms.